The molecule has 1 nitrogen and oxygen atoms in total. The van der Waals surface area contributed by atoms with Gasteiger partial charge in [-0.3, -0.25) is 0 Å². The topological polar surface area (TPSA) is 12.0 Å². The van der Waals surface area contributed by atoms with Crippen LogP contribution in [0.1, 0.15) is 61.8 Å². The normalized spacial score (nSPS) is 21.1. The lowest BCUT2D eigenvalue weighted by molar-refractivity contribution is 0.346. The van der Waals surface area contributed by atoms with Crippen molar-refractivity contribution in [1.82, 2.24) is 5.32 Å². The minimum atomic E-state index is 0.145. The van der Waals surface area contributed by atoms with Crippen LogP contribution in [-0.4, -0.2) is 0 Å². The van der Waals surface area contributed by atoms with Gasteiger partial charge in [0.15, 0.2) is 0 Å². The molecular formula is C25H35N. The first-order chi connectivity index (χ1) is 11.9. The van der Waals surface area contributed by atoms with Crippen molar-refractivity contribution in [3.8, 4) is 0 Å². The Morgan fingerprint density at radius 1 is 1.12 bits per heavy atom. The molecule has 0 aromatic rings. The van der Waals surface area contributed by atoms with Crippen LogP contribution < -0.4 is 5.32 Å². The van der Waals surface area contributed by atoms with Crippen molar-refractivity contribution in [2.24, 2.45) is 16.7 Å². The lowest BCUT2D eigenvalue weighted by Gasteiger charge is -2.25. The summed E-state index contributed by atoms with van der Waals surface area (Å²) in [6.07, 6.45) is 16.7. The molecule has 1 N–H and O–H groups in total. The molecule has 0 heterocycles. The van der Waals surface area contributed by atoms with Gasteiger partial charge in [-0.05, 0) is 60.0 Å². The fourth-order valence-corrected chi connectivity index (χ4v) is 3.07. The molecule has 0 bridgehead atoms. The highest BCUT2D eigenvalue weighted by Gasteiger charge is 2.25. The molecule has 2 aliphatic carbocycles. The van der Waals surface area contributed by atoms with Crippen LogP contribution in [0.4, 0.5) is 0 Å². The van der Waals surface area contributed by atoms with E-state index in [1.54, 1.807) is 0 Å². The van der Waals surface area contributed by atoms with Crippen LogP contribution in [0.5, 0.6) is 0 Å². The van der Waals surface area contributed by atoms with Gasteiger partial charge in [0.2, 0.25) is 0 Å². The lowest BCUT2D eigenvalue weighted by Crippen LogP contribution is -2.15. The first kappa shape index (κ1) is 20.3. The average molecular weight is 350 g/mol. The Hall–Kier alpha value is -1.98. The second kappa shape index (κ2) is 7.72. The van der Waals surface area contributed by atoms with Gasteiger partial charge in [-0.25, -0.2) is 0 Å². The number of hydrogen-bond donors (Lipinski definition) is 1. The summed E-state index contributed by atoms with van der Waals surface area (Å²) < 4.78 is 0. The molecule has 1 unspecified atom stereocenters. The number of allylic oxidation sites excluding steroid dienone is 9. The van der Waals surface area contributed by atoms with E-state index in [1.165, 1.54) is 16.7 Å². The summed E-state index contributed by atoms with van der Waals surface area (Å²) in [6, 6.07) is 0. The number of rotatable bonds is 5. The smallest absolute Gasteiger partial charge is 0.0816 e. The standard InChI is InChI=1S/C25H35N/c1-18-9-12-23(14-18)26-17-19(2)13-22(25(6,7)8)16-20-10-11-21(15-20)24(3,4)5/h9-13,15,17,21,26H,16H2,1-8H3/b19-17-,22-13+. The Morgan fingerprint density at radius 3 is 2.31 bits per heavy atom. The van der Waals surface area contributed by atoms with E-state index in [1.807, 2.05) is 0 Å². The maximum absolute atomic E-state index is 3.35. The van der Waals surface area contributed by atoms with Gasteiger partial charge in [-0.15, -0.1) is 0 Å². The molecule has 0 radical (unpaired) electrons. The molecule has 0 saturated carbocycles. The number of hydrogen-bond acceptors (Lipinski definition) is 1. The minimum absolute atomic E-state index is 0.145. The van der Waals surface area contributed by atoms with Gasteiger partial charge >= 0.3 is 0 Å². The summed E-state index contributed by atoms with van der Waals surface area (Å²) in [5, 5.41) is 3.35. The van der Waals surface area contributed by atoms with Gasteiger partial charge in [-0.2, -0.15) is 0 Å². The maximum atomic E-state index is 3.35. The van der Waals surface area contributed by atoms with Crippen LogP contribution in [-0.2, 0) is 0 Å². The second-order valence-corrected chi connectivity index (χ2v) is 9.68. The molecule has 0 aromatic carbocycles. The summed E-state index contributed by atoms with van der Waals surface area (Å²) in [7, 11) is 0. The van der Waals surface area contributed by atoms with Gasteiger partial charge in [0.25, 0.3) is 0 Å². The van der Waals surface area contributed by atoms with Crippen molar-refractivity contribution < 1.29 is 0 Å². The molecule has 2 aliphatic rings. The van der Waals surface area contributed by atoms with E-state index in [-0.39, 0.29) is 10.8 Å². The van der Waals surface area contributed by atoms with E-state index in [0.29, 0.717) is 5.92 Å². The van der Waals surface area contributed by atoms with Gasteiger partial charge in [0.1, 0.15) is 0 Å². The zero-order chi connectivity index (χ0) is 19.5. The van der Waals surface area contributed by atoms with Gasteiger partial charge in [-0.1, -0.05) is 77.2 Å². The third-order valence-electron chi connectivity index (χ3n) is 4.96. The SMILES string of the molecule is CC1=C=C(N/C=C(C)\C=C(/CC2=CC(C(C)(C)C)C=C2)C(C)(C)C)C=C1. The predicted molar refractivity (Wildman–Crippen MR) is 115 cm³/mol. The molecule has 140 valence electrons. The number of nitrogens with one attached hydrogen (secondary N) is 1. The van der Waals surface area contributed by atoms with Crippen LogP contribution in [0.2, 0.25) is 0 Å². The van der Waals surface area contributed by atoms with Crippen molar-refractivity contribution in [1.29, 1.82) is 0 Å². The summed E-state index contributed by atoms with van der Waals surface area (Å²) in [4.78, 5) is 0. The highest BCUT2D eigenvalue weighted by atomic mass is 14.8. The van der Waals surface area contributed by atoms with Crippen LogP contribution in [0.25, 0.3) is 0 Å². The van der Waals surface area contributed by atoms with Gasteiger partial charge in [0, 0.05) is 12.1 Å². The van der Waals surface area contributed by atoms with Crippen LogP contribution >= 0.6 is 0 Å². The minimum Gasteiger partial charge on any atom is -0.355 e. The fourth-order valence-electron chi connectivity index (χ4n) is 3.07. The highest BCUT2D eigenvalue weighted by molar-refractivity contribution is 5.38. The average Bonchev–Trinajstić information content (AvgIpc) is 3.12. The molecule has 2 rings (SSSR count). The Morgan fingerprint density at radius 2 is 1.81 bits per heavy atom. The van der Waals surface area contributed by atoms with E-state index in [4.69, 9.17) is 0 Å². The molecular weight excluding hydrogens is 314 g/mol. The zero-order valence-electron chi connectivity index (χ0n) is 17.8. The Balaban J connectivity index is 2.15. The largest absolute Gasteiger partial charge is 0.355 e. The first-order valence-corrected chi connectivity index (χ1v) is 9.64. The molecule has 0 aliphatic heterocycles. The predicted octanol–water partition coefficient (Wildman–Crippen LogP) is 7.00. The summed E-state index contributed by atoms with van der Waals surface area (Å²) >= 11 is 0. The van der Waals surface area contributed by atoms with Crippen molar-refractivity contribution in [2.75, 3.05) is 0 Å². The lowest BCUT2D eigenvalue weighted by atomic mass is 9.80. The Bertz CT molecular complexity index is 758. The zero-order valence-corrected chi connectivity index (χ0v) is 17.8. The van der Waals surface area contributed by atoms with E-state index >= 15 is 0 Å². The third kappa shape index (κ3) is 5.78. The maximum Gasteiger partial charge on any atom is 0.0816 e. The third-order valence-corrected chi connectivity index (χ3v) is 4.96. The molecule has 26 heavy (non-hydrogen) atoms. The fraction of sp³-hybridized carbons (Fsp3) is 0.480. The van der Waals surface area contributed by atoms with Crippen LogP contribution in [0, 0.1) is 16.7 Å². The Kier molecular flexibility index (Phi) is 6.04. The summed E-state index contributed by atoms with van der Waals surface area (Å²) in [5.41, 5.74) is 10.1. The molecule has 1 atom stereocenters. The van der Waals surface area contributed by atoms with Crippen molar-refractivity contribution in [3.63, 3.8) is 0 Å². The molecule has 0 spiro atoms. The van der Waals surface area contributed by atoms with E-state index < -0.39 is 0 Å². The van der Waals surface area contributed by atoms with Crippen LogP contribution in [0.15, 0.2) is 76.4 Å². The molecule has 0 amide bonds. The van der Waals surface area contributed by atoms with E-state index in [0.717, 1.165) is 17.7 Å². The second-order valence-electron chi connectivity index (χ2n) is 9.68. The van der Waals surface area contributed by atoms with Crippen molar-refractivity contribution >= 4 is 0 Å². The van der Waals surface area contributed by atoms with E-state index in [2.05, 4.69) is 109 Å². The van der Waals surface area contributed by atoms with E-state index in [9.17, 15) is 0 Å². The quantitative estimate of drug-likeness (QED) is 0.416. The molecule has 0 saturated heterocycles. The molecule has 1 heteroatoms. The van der Waals surface area contributed by atoms with Crippen molar-refractivity contribution in [2.45, 2.75) is 61.8 Å². The Labute approximate surface area is 160 Å². The van der Waals surface area contributed by atoms with Crippen LogP contribution in [0.3, 0.4) is 0 Å². The monoisotopic (exact) mass is 349 g/mol. The van der Waals surface area contributed by atoms with Gasteiger partial charge < -0.3 is 5.32 Å². The summed E-state index contributed by atoms with van der Waals surface area (Å²) in [5.74, 6) is 0.535. The molecule has 0 aromatic heterocycles. The van der Waals surface area contributed by atoms with Crippen molar-refractivity contribution in [3.05, 3.63) is 76.4 Å². The van der Waals surface area contributed by atoms with Gasteiger partial charge in [0.05, 0.1) is 5.70 Å². The first-order valence-electron chi connectivity index (χ1n) is 9.64. The highest BCUT2D eigenvalue weighted by Crippen LogP contribution is 2.38. The molecule has 0 fully saturated rings. The summed E-state index contributed by atoms with van der Waals surface area (Å²) in [6.45, 7) is 18.0.